The largest absolute Gasteiger partial charge is 0.395 e. The Bertz CT molecular complexity index is 578. The van der Waals surface area contributed by atoms with Crippen molar-refractivity contribution < 1.29 is 15.0 Å². The van der Waals surface area contributed by atoms with E-state index in [9.17, 15) is 4.79 Å². The zero-order chi connectivity index (χ0) is 17.1. The normalized spacial score (nSPS) is 11.0. The summed E-state index contributed by atoms with van der Waals surface area (Å²) >= 11 is 3.46. The van der Waals surface area contributed by atoms with E-state index in [1.165, 1.54) is 11.1 Å². The number of halogens is 1. The van der Waals surface area contributed by atoms with E-state index in [-0.39, 0.29) is 31.9 Å². The van der Waals surface area contributed by atoms with E-state index < -0.39 is 5.91 Å². The molecule has 1 rings (SSSR count). The van der Waals surface area contributed by atoms with Crippen LogP contribution in [0.4, 0.5) is 0 Å². The predicted octanol–water partition coefficient (Wildman–Crippen LogP) is 0.802. The molecule has 1 aromatic rings. The van der Waals surface area contributed by atoms with Gasteiger partial charge in [-0.05, 0) is 18.1 Å². The number of nitrogens with zero attached hydrogens (tertiary/aromatic N) is 2. The molecule has 0 aliphatic heterocycles. The molecule has 0 aliphatic carbocycles. The Balaban J connectivity index is 2.59. The van der Waals surface area contributed by atoms with Crippen LogP contribution in [0, 0.1) is 11.3 Å². The highest BCUT2D eigenvalue weighted by Crippen LogP contribution is 2.15. The van der Waals surface area contributed by atoms with Gasteiger partial charge in [0.05, 0.1) is 13.2 Å². The average molecular weight is 382 g/mol. The third kappa shape index (κ3) is 6.40. The van der Waals surface area contributed by atoms with E-state index in [2.05, 4.69) is 21.2 Å². The molecule has 0 bridgehead atoms. The Hall–Kier alpha value is -1.88. The molecule has 0 atom stereocenters. The van der Waals surface area contributed by atoms with Crippen LogP contribution in [0.25, 0.3) is 0 Å². The third-order valence-electron chi connectivity index (χ3n) is 3.12. The number of aliphatic hydroxyl groups is 2. The van der Waals surface area contributed by atoms with Crippen molar-refractivity contribution >= 4 is 21.8 Å². The van der Waals surface area contributed by atoms with E-state index >= 15 is 0 Å². The Kier molecular flexibility index (Phi) is 8.98. The number of carbonyl (C=O) groups excluding carboxylic acids is 1. The summed E-state index contributed by atoms with van der Waals surface area (Å²) in [4.78, 5) is 13.4. The number of benzene rings is 1. The summed E-state index contributed by atoms with van der Waals surface area (Å²) in [6, 6.07) is 9.68. The van der Waals surface area contributed by atoms with Crippen LogP contribution in [-0.2, 0) is 11.2 Å². The zero-order valence-corrected chi connectivity index (χ0v) is 14.3. The van der Waals surface area contributed by atoms with Crippen LogP contribution in [0.5, 0.6) is 0 Å². The van der Waals surface area contributed by atoms with E-state index in [1.54, 1.807) is 0 Å². The van der Waals surface area contributed by atoms with E-state index in [0.717, 1.165) is 16.5 Å². The second-order valence-corrected chi connectivity index (χ2v) is 5.56. The molecule has 1 aromatic carbocycles. The quantitative estimate of drug-likeness (QED) is 0.334. The number of nitrogens with one attached hydrogen (secondary N) is 1. The molecule has 23 heavy (non-hydrogen) atoms. The van der Waals surface area contributed by atoms with Gasteiger partial charge < -0.3 is 20.4 Å². The Morgan fingerprint density at radius 2 is 1.96 bits per heavy atom. The molecular weight excluding hydrogens is 362 g/mol. The summed E-state index contributed by atoms with van der Waals surface area (Å²) in [6.45, 7) is 0.283. The smallest absolute Gasteiger partial charge is 0.266 e. The minimum atomic E-state index is -0.510. The summed E-state index contributed by atoms with van der Waals surface area (Å²) in [5, 5.41) is 29.9. The van der Waals surface area contributed by atoms with Gasteiger partial charge in [-0.2, -0.15) is 5.26 Å². The molecule has 7 heteroatoms. The number of carbonyl (C=O) groups is 1. The van der Waals surface area contributed by atoms with Crippen LogP contribution in [-0.4, -0.2) is 53.9 Å². The zero-order valence-electron chi connectivity index (χ0n) is 12.7. The van der Waals surface area contributed by atoms with Crippen molar-refractivity contribution in [2.45, 2.75) is 6.42 Å². The molecule has 0 heterocycles. The Labute approximate surface area is 144 Å². The predicted molar refractivity (Wildman–Crippen MR) is 90.3 cm³/mol. The number of hydrogen-bond donors (Lipinski definition) is 3. The first-order valence-corrected chi connectivity index (χ1v) is 8.01. The van der Waals surface area contributed by atoms with Gasteiger partial charge in [0.15, 0.2) is 0 Å². The maximum atomic E-state index is 12.1. The average Bonchev–Trinajstić information content (AvgIpc) is 2.56. The van der Waals surface area contributed by atoms with E-state index in [0.29, 0.717) is 6.54 Å². The number of hydrogen-bond acceptors (Lipinski definition) is 5. The summed E-state index contributed by atoms with van der Waals surface area (Å²) < 4.78 is 1.01. The summed E-state index contributed by atoms with van der Waals surface area (Å²) in [5.41, 5.74) is 1.07. The lowest BCUT2D eigenvalue weighted by Crippen LogP contribution is -2.37. The molecule has 0 unspecified atom stereocenters. The van der Waals surface area contributed by atoms with Crippen LogP contribution in [0.2, 0.25) is 0 Å². The van der Waals surface area contributed by atoms with Crippen LogP contribution in [0.3, 0.4) is 0 Å². The number of amides is 1. The molecule has 0 fully saturated rings. The van der Waals surface area contributed by atoms with E-state index in [4.69, 9.17) is 15.5 Å². The molecule has 0 radical (unpaired) electrons. The SMILES string of the molecule is N#C/C(=C/NCCc1ccccc1Br)C(=O)N(CCO)CCO. The highest BCUT2D eigenvalue weighted by molar-refractivity contribution is 9.10. The van der Waals surface area contributed by atoms with Crippen LogP contribution < -0.4 is 5.32 Å². The first-order chi connectivity index (χ1) is 11.1. The minimum Gasteiger partial charge on any atom is -0.395 e. The van der Waals surface area contributed by atoms with Gasteiger partial charge in [0.2, 0.25) is 0 Å². The van der Waals surface area contributed by atoms with Crippen molar-refractivity contribution in [3.05, 3.63) is 46.1 Å². The molecule has 0 aromatic heterocycles. The van der Waals surface area contributed by atoms with Crippen molar-refractivity contribution in [3.8, 4) is 6.07 Å². The molecule has 0 saturated carbocycles. The number of rotatable bonds is 9. The fourth-order valence-corrected chi connectivity index (χ4v) is 2.43. The van der Waals surface area contributed by atoms with Crippen LogP contribution in [0.15, 0.2) is 40.5 Å². The van der Waals surface area contributed by atoms with Gasteiger partial charge in [0, 0.05) is 30.3 Å². The molecule has 6 nitrogen and oxygen atoms in total. The van der Waals surface area contributed by atoms with Crippen LogP contribution >= 0.6 is 15.9 Å². The second-order valence-electron chi connectivity index (χ2n) is 4.70. The summed E-state index contributed by atoms with van der Waals surface area (Å²) in [7, 11) is 0. The lowest BCUT2D eigenvalue weighted by Gasteiger charge is -2.20. The molecular formula is C16H20BrN3O3. The molecule has 0 spiro atoms. The first-order valence-electron chi connectivity index (χ1n) is 7.22. The van der Waals surface area contributed by atoms with Crippen molar-refractivity contribution in [2.75, 3.05) is 32.8 Å². The third-order valence-corrected chi connectivity index (χ3v) is 3.89. The van der Waals surface area contributed by atoms with Crippen molar-refractivity contribution in [1.29, 1.82) is 5.26 Å². The lowest BCUT2D eigenvalue weighted by molar-refractivity contribution is -0.127. The fraction of sp³-hybridized carbons (Fsp3) is 0.375. The monoisotopic (exact) mass is 381 g/mol. The van der Waals surface area contributed by atoms with Gasteiger partial charge in [0.1, 0.15) is 11.6 Å². The van der Waals surface area contributed by atoms with Crippen molar-refractivity contribution in [3.63, 3.8) is 0 Å². The number of aliphatic hydroxyl groups excluding tert-OH is 2. The van der Waals surface area contributed by atoms with Gasteiger partial charge >= 0.3 is 0 Å². The van der Waals surface area contributed by atoms with Crippen molar-refractivity contribution in [2.24, 2.45) is 0 Å². The molecule has 0 aliphatic rings. The number of nitriles is 1. The van der Waals surface area contributed by atoms with E-state index in [1.807, 2.05) is 30.3 Å². The first kappa shape index (κ1) is 19.2. The Morgan fingerprint density at radius 3 is 2.52 bits per heavy atom. The lowest BCUT2D eigenvalue weighted by atomic mass is 10.1. The van der Waals surface area contributed by atoms with Gasteiger partial charge in [-0.25, -0.2) is 0 Å². The Morgan fingerprint density at radius 1 is 1.30 bits per heavy atom. The molecule has 124 valence electrons. The van der Waals surface area contributed by atoms with Crippen LogP contribution in [0.1, 0.15) is 5.56 Å². The second kappa shape index (κ2) is 10.8. The highest BCUT2D eigenvalue weighted by atomic mass is 79.9. The van der Waals surface area contributed by atoms with Gasteiger partial charge in [0.25, 0.3) is 5.91 Å². The molecule has 1 amide bonds. The fourth-order valence-electron chi connectivity index (χ4n) is 1.95. The maximum absolute atomic E-state index is 12.1. The van der Waals surface area contributed by atoms with Crippen molar-refractivity contribution in [1.82, 2.24) is 10.2 Å². The topological polar surface area (TPSA) is 96.6 Å². The minimum absolute atomic E-state index is 0.0565. The summed E-state index contributed by atoms with van der Waals surface area (Å²) in [5.74, 6) is -0.510. The standard InChI is InChI=1S/C16H20BrN3O3/c17-15-4-2-1-3-13(15)5-6-19-12-14(11-18)16(23)20(7-9-21)8-10-22/h1-4,12,19,21-22H,5-10H2/b14-12-. The highest BCUT2D eigenvalue weighted by Gasteiger charge is 2.17. The van der Waals surface area contributed by atoms with Gasteiger partial charge in [-0.15, -0.1) is 0 Å². The van der Waals surface area contributed by atoms with Gasteiger partial charge in [-0.1, -0.05) is 34.1 Å². The molecule has 3 N–H and O–H groups in total. The summed E-state index contributed by atoms with van der Waals surface area (Å²) in [6.07, 6.45) is 2.11. The maximum Gasteiger partial charge on any atom is 0.266 e. The molecule has 0 saturated heterocycles. The van der Waals surface area contributed by atoms with Gasteiger partial charge in [-0.3, -0.25) is 4.79 Å².